The van der Waals surface area contributed by atoms with Crippen LogP contribution in [0.4, 0.5) is 0 Å². The molecule has 1 unspecified atom stereocenters. The molecule has 0 saturated heterocycles. The van der Waals surface area contributed by atoms with E-state index < -0.39 is 6.10 Å². The lowest BCUT2D eigenvalue weighted by atomic mass is 10.1. The van der Waals surface area contributed by atoms with Crippen molar-refractivity contribution in [2.75, 3.05) is 6.54 Å². The van der Waals surface area contributed by atoms with Gasteiger partial charge in [-0.3, -0.25) is 9.59 Å². The fourth-order valence-electron chi connectivity index (χ4n) is 1.35. The number of nitrogens with one attached hydrogen (secondary N) is 2. The molecule has 0 aromatic carbocycles. The van der Waals surface area contributed by atoms with E-state index in [0.29, 0.717) is 11.1 Å². The van der Waals surface area contributed by atoms with Crippen LogP contribution in [0.25, 0.3) is 0 Å². The molecule has 0 aliphatic heterocycles. The van der Waals surface area contributed by atoms with Crippen molar-refractivity contribution in [3.05, 3.63) is 33.7 Å². The number of pyridine rings is 1. The summed E-state index contributed by atoms with van der Waals surface area (Å²) in [5.41, 5.74) is 0.798. The molecule has 0 spiro atoms. The summed E-state index contributed by atoms with van der Waals surface area (Å²) in [7, 11) is 0. The fourth-order valence-corrected chi connectivity index (χ4v) is 1.35. The molecule has 1 amide bonds. The first kappa shape index (κ1) is 13.4. The van der Waals surface area contributed by atoms with Gasteiger partial charge in [-0.2, -0.15) is 0 Å². The van der Waals surface area contributed by atoms with Crippen molar-refractivity contribution in [1.82, 2.24) is 10.3 Å². The van der Waals surface area contributed by atoms with Gasteiger partial charge in [-0.1, -0.05) is 13.8 Å². The normalized spacial score (nSPS) is 12.5. The third-order valence-electron chi connectivity index (χ3n) is 2.62. The van der Waals surface area contributed by atoms with Crippen molar-refractivity contribution in [1.29, 1.82) is 0 Å². The zero-order chi connectivity index (χ0) is 13.0. The summed E-state index contributed by atoms with van der Waals surface area (Å²) < 4.78 is 0. The summed E-state index contributed by atoms with van der Waals surface area (Å²) in [5, 5.41) is 12.2. The molecule has 5 nitrogen and oxygen atoms in total. The number of hydrogen-bond acceptors (Lipinski definition) is 3. The Morgan fingerprint density at radius 2 is 2.18 bits per heavy atom. The highest BCUT2D eigenvalue weighted by atomic mass is 16.3. The van der Waals surface area contributed by atoms with Crippen LogP contribution in [-0.4, -0.2) is 28.6 Å². The predicted molar refractivity (Wildman–Crippen MR) is 65.0 cm³/mol. The van der Waals surface area contributed by atoms with Gasteiger partial charge in [0.2, 0.25) is 5.56 Å². The number of rotatable bonds is 4. The first-order chi connectivity index (χ1) is 7.91. The summed E-state index contributed by atoms with van der Waals surface area (Å²) in [4.78, 5) is 25.2. The lowest BCUT2D eigenvalue weighted by molar-refractivity contribution is 0.0870. The van der Waals surface area contributed by atoms with E-state index in [1.165, 1.54) is 12.3 Å². The summed E-state index contributed by atoms with van der Waals surface area (Å²) in [6.07, 6.45) is 0.816. The average molecular weight is 238 g/mol. The quantitative estimate of drug-likeness (QED) is 0.711. The topological polar surface area (TPSA) is 82.2 Å². The zero-order valence-electron chi connectivity index (χ0n) is 10.3. The number of aromatic nitrogens is 1. The maximum atomic E-state index is 11.8. The molecule has 0 fully saturated rings. The number of carbonyl (C=O) groups is 1. The minimum Gasteiger partial charge on any atom is -0.391 e. The number of aliphatic hydroxyl groups is 1. The van der Waals surface area contributed by atoms with Crippen LogP contribution in [0, 0.1) is 12.8 Å². The summed E-state index contributed by atoms with van der Waals surface area (Å²) in [5.74, 6) is -0.203. The van der Waals surface area contributed by atoms with Crippen molar-refractivity contribution in [3.63, 3.8) is 0 Å². The van der Waals surface area contributed by atoms with E-state index in [1.54, 1.807) is 6.92 Å². The van der Waals surface area contributed by atoms with Crippen molar-refractivity contribution >= 4 is 5.91 Å². The molecule has 0 bridgehead atoms. The van der Waals surface area contributed by atoms with Gasteiger partial charge in [0.05, 0.1) is 11.7 Å². The van der Waals surface area contributed by atoms with Crippen molar-refractivity contribution in [2.45, 2.75) is 26.9 Å². The molecule has 1 heterocycles. The van der Waals surface area contributed by atoms with Crippen LogP contribution in [-0.2, 0) is 0 Å². The largest absolute Gasteiger partial charge is 0.391 e. The third kappa shape index (κ3) is 3.71. The lowest BCUT2D eigenvalue weighted by Gasteiger charge is -2.15. The molecule has 1 aromatic heterocycles. The van der Waals surface area contributed by atoms with E-state index in [4.69, 9.17) is 0 Å². The molecule has 3 N–H and O–H groups in total. The molecule has 1 atom stereocenters. The molecule has 1 rings (SSSR count). The highest BCUT2D eigenvalue weighted by molar-refractivity contribution is 5.95. The van der Waals surface area contributed by atoms with E-state index in [-0.39, 0.29) is 23.9 Å². The molecule has 0 radical (unpaired) electrons. The van der Waals surface area contributed by atoms with Crippen molar-refractivity contribution in [3.8, 4) is 0 Å². The highest BCUT2D eigenvalue weighted by Crippen LogP contribution is 2.03. The summed E-state index contributed by atoms with van der Waals surface area (Å²) in [6, 6.07) is 1.37. The van der Waals surface area contributed by atoms with Gasteiger partial charge in [-0.15, -0.1) is 0 Å². The van der Waals surface area contributed by atoms with Crippen LogP contribution >= 0.6 is 0 Å². The number of aromatic amines is 1. The molecular formula is C12H18N2O3. The highest BCUT2D eigenvalue weighted by Gasteiger charge is 2.13. The van der Waals surface area contributed by atoms with E-state index in [1.807, 2.05) is 13.8 Å². The summed E-state index contributed by atoms with van der Waals surface area (Å²) in [6.45, 7) is 5.66. The first-order valence-electron chi connectivity index (χ1n) is 5.57. The second-order valence-corrected chi connectivity index (χ2v) is 4.42. The standard InChI is InChI=1S/C12H18N2O3/c1-7(2)10(15)6-14-12(17)9-5-13-11(16)4-8(9)3/h4-5,7,10,15H,6H2,1-3H3,(H,13,16)(H,14,17). The number of aryl methyl sites for hydroxylation is 1. The second kappa shape index (κ2) is 5.63. The lowest BCUT2D eigenvalue weighted by Crippen LogP contribution is -2.35. The second-order valence-electron chi connectivity index (χ2n) is 4.42. The molecule has 5 heteroatoms. The minimum absolute atomic E-state index is 0.0898. The molecule has 94 valence electrons. The Bertz CT molecular complexity index is 451. The monoisotopic (exact) mass is 238 g/mol. The van der Waals surface area contributed by atoms with Crippen LogP contribution in [0.1, 0.15) is 29.8 Å². The van der Waals surface area contributed by atoms with Gasteiger partial charge in [-0.05, 0) is 18.4 Å². The Hall–Kier alpha value is -1.62. The van der Waals surface area contributed by atoms with Gasteiger partial charge < -0.3 is 15.4 Å². The first-order valence-corrected chi connectivity index (χ1v) is 5.57. The van der Waals surface area contributed by atoms with Gasteiger partial charge in [0, 0.05) is 18.8 Å². The van der Waals surface area contributed by atoms with Crippen molar-refractivity contribution < 1.29 is 9.90 Å². The Labute approximate surface area is 99.9 Å². The number of amides is 1. The maximum Gasteiger partial charge on any atom is 0.253 e. The van der Waals surface area contributed by atoms with Gasteiger partial charge in [-0.25, -0.2) is 0 Å². The predicted octanol–water partition coefficient (Wildman–Crippen LogP) is 0.430. The van der Waals surface area contributed by atoms with Crippen LogP contribution in [0.15, 0.2) is 17.1 Å². The van der Waals surface area contributed by atoms with Crippen LogP contribution in [0.3, 0.4) is 0 Å². The average Bonchev–Trinajstić information content (AvgIpc) is 2.25. The van der Waals surface area contributed by atoms with Gasteiger partial charge in [0.1, 0.15) is 0 Å². The van der Waals surface area contributed by atoms with Gasteiger partial charge in [0.25, 0.3) is 5.91 Å². The van der Waals surface area contributed by atoms with E-state index in [2.05, 4.69) is 10.3 Å². The zero-order valence-corrected chi connectivity index (χ0v) is 10.3. The summed E-state index contributed by atoms with van der Waals surface area (Å²) >= 11 is 0. The molecule has 17 heavy (non-hydrogen) atoms. The molecular weight excluding hydrogens is 220 g/mol. The number of H-pyrrole nitrogens is 1. The SMILES string of the molecule is Cc1cc(=O)[nH]cc1C(=O)NCC(O)C(C)C. The molecule has 0 aliphatic rings. The Balaban J connectivity index is 2.67. The number of hydrogen-bond donors (Lipinski definition) is 3. The Morgan fingerprint density at radius 3 is 2.71 bits per heavy atom. The van der Waals surface area contributed by atoms with Crippen molar-refractivity contribution in [2.24, 2.45) is 5.92 Å². The van der Waals surface area contributed by atoms with E-state index in [0.717, 1.165) is 0 Å². The van der Waals surface area contributed by atoms with Crippen LogP contribution < -0.4 is 10.9 Å². The molecule has 0 aliphatic carbocycles. The number of aliphatic hydroxyl groups excluding tert-OH is 1. The minimum atomic E-state index is -0.568. The third-order valence-corrected chi connectivity index (χ3v) is 2.62. The molecule has 1 aromatic rings. The van der Waals surface area contributed by atoms with Gasteiger partial charge >= 0.3 is 0 Å². The fraction of sp³-hybridized carbons (Fsp3) is 0.500. The van der Waals surface area contributed by atoms with Crippen LogP contribution in [0.5, 0.6) is 0 Å². The van der Waals surface area contributed by atoms with Gasteiger partial charge in [0.15, 0.2) is 0 Å². The molecule has 0 saturated carbocycles. The van der Waals surface area contributed by atoms with E-state index in [9.17, 15) is 14.7 Å². The smallest absolute Gasteiger partial charge is 0.253 e. The Morgan fingerprint density at radius 1 is 1.53 bits per heavy atom. The Kier molecular flexibility index (Phi) is 4.45. The maximum absolute atomic E-state index is 11.8. The van der Waals surface area contributed by atoms with Crippen LogP contribution in [0.2, 0.25) is 0 Å². The number of carbonyl (C=O) groups excluding carboxylic acids is 1. The van der Waals surface area contributed by atoms with E-state index >= 15 is 0 Å².